The zero-order chi connectivity index (χ0) is 28.3. The van der Waals surface area contributed by atoms with Crippen LogP contribution < -0.4 is 10.1 Å². The number of aromatic nitrogens is 5. The van der Waals surface area contributed by atoms with Crippen LogP contribution >= 0.6 is 0 Å². The first kappa shape index (κ1) is 20.7. The third-order valence-corrected chi connectivity index (χ3v) is 6.29. The Hall–Kier alpha value is -3.48. The topological polar surface area (TPSA) is 72.5 Å². The van der Waals surface area contributed by atoms with Gasteiger partial charge in [0.05, 0.1) is 53.1 Å². The van der Waals surface area contributed by atoms with Crippen LogP contribution in [0, 0.1) is 12.7 Å². The van der Waals surface area contributed by atoms with Crippen molar-refractivity contribution in [1.82, 2.24) is 29.0 Å². The zero-order valence-corrected chi connectivity index (χ0v) is 19.3. The van der Waals surface area contributed by atoms with Gasteiger partial charge in [-0.1, -0.05) is 6.07 Å². The summed E-state index contributed by atoms with van der Waals surface area (Å²) in [5.41, 5.74) is 0.571. The first-order valence-electron chi connectivity index (χ1n) is 12.6. The fourth-order valence-electron chi connectivity index (χ4n) is 4.64. The van der Waals surface area contributed by atoms with Crippen molar-refractivity contribution in [2.75, 3.05) is 32.5 Å². The smallest absolute Gasteiger partial charge is 0.280 e. The zero-order valence-electron chi connectivity index (χ0n) is 22.3. The van der Waals surface area contributed by atoms with E-state index < -0.39 is 50.2 Å². The molecule has 13 heteroatoms. The number of fused-ring (bicyclic) bond motifs is 2. The molecule has 1 saturated heterocycles. The summed E-state index contributed by atoms with van der Waals surface area (Å²) in [6, 6.07) is 3.10. The van der Waals surface area contributed by atoms with Gasteiger partial charge in [-0.3, -0.25) is 0 Å². The van der Waals surface area contributed by atoms with Crippen LogP contribution in [0.2, 0.25) is 0 Å². The molecule has 3 aromatic heterocycles. The van der Waals surface area contributed by atoms with E-state index in [-0.39, 0.29) is 29.0 Å². The summed E-state index contributed by atoms with van der Waals surface area (Å²) >= 11 is 0. The largest absolute Gasteiger partial charge is 0.479 e. The Morgan fingerprint density at radius 1 is 1.31 bits per heavy atom. The van der Waals surface area contributed by atoms with Crippen molar-refractivity contribution in [3.63, 3.8) is 0 Å². The molecule has 5 rings (SSSR count). The molecule has 1 N–H and O–H groups in total. The van der Waals surface area contributed by atoms with Gasteiger partial charge in [0.15, 0.2) is 5.82 Å². The predicted octanol–water partition coefficient (Wildman–Crippen LogP) is 4.22. The number of halogens is 5. The van der Waals surface area contributed by atoms with Gasteiger partial charge in [-0.25, -0.2) is 31.5 Å². The number of hydrogen-bond donors (Lipinski definition) is 1. The maximum absolute atomic E-state index is 15.4. The monoisotopic (exact) mass is 512 g/mol. The molecule has 0 bridgehead atoms. The van der Waals surface area contributed by atoms with Gasteiger partial charge in [0.2, 0.25) is 11.8 Å². The summed E-state index contributed by atoms with van der Waals surface area (Å²) < 4.78 is 101. The Labute approximate surface area is 206 Å². The highest BCUT2D eigenvalue weighted by molar-refractivity contribution is 5.90. The minimum atomic E-state index is -3.14. The minimum absolute atomic E-state index is 0.0530. The summed E-state index contributed by atoms with van der Waals surface area (Å²) in [6.45, 7) is 0.811. The third kappa shape index (κ3) is 4.21. The summed E-state index contributed by atoms with van der Waals surface area (Å²) in [5, 5.41) is 6.64. The molecule has 1 fully saturated rings. The normalized spacial score (nSPS) is 20.0. The lowest BCUT2D eigenvalue weighted by Crippen LogP contribution is -2.53. The van der Waals surface area contributed by atoms with Crippen LogP contribution in [0.25, 0.3) is 27.7 Å². The molecule has 1 aliphatic heterocycles. The van der Waals surface area contributed by atoms with Gasteiger partial charge < -0.3 is 19.5 Å². The molecule has 4 aromatic rings. The Balaban J connectivity index is 1.63. The van der Waals surface area contributed by atoms with Crippen molar-refractivity contribution in [3.05, 3.63) is 36.0 Å². The number of piperidine rings is 1. The van der Waals surface area contributed by atoms with Crippen molar-refractivity contribution in [3.8, 4) is 17.0 Å². The molecule has 0 aliphatic carbocycles. The number of likely N-dealkylation sites (tertiary alicyclic amines) is 1. The van der Waals surface area contributed by atoms with Crippen LogP contribution in [0.15, 0.2) is 24.4 Å². The van der Waals surface area contributed by atoms with Gasteiger partial charge in [-0.15, -0.1) is 5.10 Å². The van der Waals surface area contributed by atoms with E-state index in [0.29, 0.717) is 23.4 Å². The quantitative estimate of drug-likeness (QED) is 0.390. The molecule has 8 nitrogen and oxygen atoms in total. The average Bonchev–Trinajstić information content (AvgIpc) is 3.29. The van der Waals surface area contributed by atoms with Gasteiger partial charge >= 0.3 is 0 Å². The Morgan fingerprint density at radius 3 is 2.83 bits per heavy atom. The number of alkyl halides is 4. The van der Waals surface area contributed by atoms with E-state index in [9.17, 15) is 17.6 Å². The van der Waals surface area contributed by atoms with Gasteiger partial charge in [0.25, 0.3) is 12.3 Å². The van der Waals surface area contributed by atoms with E-state index in [1.165, 1.54) is 27.7 Å². The maximum Gasteiger partial charge on any atom is 0.280 e. The highest BCUT2D eigenvalue weighted by Gasteiger charge is 2.44. The van der Waals surface area contributed by atoms with Gasteiger partial charge in [-0.2, -0.15) is 4.98 Å². The molecule has 1 aromatic carbocycles. The predicted molar refractivity (Wildman–Crippen MR) is 123 cm³/mol. The lowest BCUT2D eigenvalue weighted by atomic mass is 10.0. The van der Waals surface area contributed by atoms with E-state index in [1.807, 2.05) is 0 Å². The molecular formula is C23H24F5N7O. The molecule has 1 aliphatic rings. The summed E-state index contributed by atoms with van der Waals surface area (Å²) in [4.78, 5) is 9.77. The highest BCUT2D eigenvalue weighted by Crippen LogP contribution is 2.36. The third-order valence-electron chi connectivity index (χ3n) is 6.29. The van der Waals surface area contributed by atoms with Gasteiger partial charge in [-0.05, 0) is 38.1 Å². The Bertz CT molecular complexity index is 1540. The Morgan fingerprint density at radius 2 is 2.11 bits per heavy atom. The van der Waals surface area contributed by atoms with Crippen molar-refractivity contribution < 1.29 is 30.8 Å². The fraction of sp³-hybridized carbons (Fsp3) is 0.435. The SMILES string of the molecule is [2H]C([2H])([2H])Oc1nc(NC2CCN(C)CC2(F)F)nn2cc(F)c(-c3ccc4nc(C)n(CC(F)F)c4c3)c12. The molecule has 1 unspecified atom stereocenters. The number of nitrogens with zero attached hydrogens (tertiary/aromatic N) is 6. The molecule has 36 heavy (non-hydrogen) atoms. The lowest BCUT2D eigenvalue weighted by Gasteiger charge is -2.36. The van der Waals surface area contributed by atoms with Crippen LogP contribution in [0.5, 0.6) is 5.88 Å². The number of benzene rings is 1. The van der Waals surface area contributed by atoms with Crippen LogP contribution in [0.3, 0.4) is 0 Å². The van der Waals surface area contributed by atoms with Crippen molar-refractivity contribution in [2.24, 2.45) is 0 Å². The minimum Gasteiger partial charge on any atom is -0.479 e. The number of ether oxygens (including phenoxy) is 1. The molecule has 0 amide bonds. The second kappa shape index (κ2) is 8.87. The van der Waals surface area contributed by atoms with Gasteiger partial charge in [0.1, 0.15) is 11.3 Å². The molecular weight excluding hydrogens is 485 g/mol. The number of anilines is 1. The average molecular weight is 513 g/mol. The van der Waals surface area contributed by atoms with E-state index in [0.717, 1.165) is 10.7 Å². The van der Waals surface area contributed by atoms with Crippen molar-refractivity contribution in [1.29, 1.82) is 0 Å². The van der Waals surface area contributed by atoms with E-state index in [2.05, 4.69) is 20.4 Å². The van der Waals surface area contributed by atoms with E-state index >= 15 is 4.39 Å². The number of imidazole rings is 1. The summed E-state index contributed by atoms with van der Waals surface area (Å²) in [5.74, 6) is -4.60. The second-order valence-electron chi connectivity index (χ2n) is 8.84. The number of aryl methyl sites for hydroxylation is 1. The lowest BCUT2D eigenvalue weighted by molar-refractivity contribution is -0.0675. The van der Waals surface area contributed by atoms with Crippen LogP contribution in [0.4, 0.5) is 27.9 Å². The van der Waals surface area contributed by atoms with E-state index in [1.54, 1.807) is 14.0 Å². The van der Waals surface area contributed by atoms with Gasteiger partial charge in [0, 0.05) is 6.54 Å². The molecule has 4 heterocycles. The molecule has 1 atom stereocenters. The van der Waals surface area contributed by atoms with Crippen molar-refractivity contribution >= 4 is 22.5 Å². The molecule has 0 saturated carbocycles. The Kier molecular flexibility index (Phi) is 5.10. The second-order valence-corrected chi connectivity index (χ2v) is 8.84. The summed E-state index contributed by atoms with van der Waals surface area (Å²) in [6.07, 6.45) is -1.67. The summed E-state index contributed by atoms with van der Waals surface area (Å²) in [7, 11) is -1.45. The molecule has 0 radical (unpaired) electrons. The molecule has 0 spiro atoms. The van der Waals surface area contributed by atoms with Crippen LogP contribution in [0.1, 0.15) is 16.4 Å². The number of rotatable bonds is 6. The standard InChI is InChI=1S/C23H24F5N7O/c1-12-29-15-5-4-13(8-16(15)34(12)10-18(25)26)19-14(24)9-35-20(19)21(36-3)31-22(32-35)30-17-6-7-33(2)11-23(17,27)28/h4-5,8-9,17-18H,6-7,10-11H2,1-3H3,(H,30,32)/i3D3. The number of methoxy groups -OCH3 is 1. The number of hydrogen-bond acceptors (Lipinski definition) is 6. The van der Waals surface area contributed by atoms with Crippen molar-refractivity contribution in [2.45, 2.75) is 38.3 Å². The fourth-order valence-corrected chi connectivity index (χ4v) is 4.64. The maximum atomic E-state index is 15.4. The highest BCUT2D eigenvalue weighted by atomic mass is 19.3. The number of nitrogens with one attached hydrogen (secondary N) is 1. The van der Waals surface area contributed by atoms with Crippen LogP contribution in [-0.2, 0) is 6.54 Å². The van der Waals surface area contributed by atoms with E-state index in [4.69, 9.17) is 8.85 Å². The molecule has 192 valence electrons. The first-order chi connectivity index (χ1) is 18.2. The van der Waals surface area contributed by atoms with Crippen LogP contribution in [-0.4, -0.2) is 74.6 Å². The first-order valence-corrected chi connectivity index (χ1v) is 11.1.